The van der Waals surface area contributed by atoms with Gasteiger partial charge in [-0.05, 0) is 35.9 Å². The first-order chi connectivity index (χ1) is 10.1. The van der Waals surface area contributed by atoms with E-state index in [0.29, 0.717) is 11.1 Å². The SMILES string of the molecule is O=C(Cl)c1ccc2ccc(-c3ccccc3F)nc2c1F. The molecule has 0 saturated heterocycles. The number of rotatable bonds is 2. The summed E-state index contributed by atoms with van der Waals surface area (Å²) in [7, 11) is 0. The van der Waals surface area contributed by atoms with Crippen LogP contribution in [0.15, 0.2) is 48.5 Å². The van der Waals surface area contributed by atoms with Crippen molar-refractivity contribution in [2.24, 2.45) is 0 Å². The molecule has 1 aromatic heterocycles. The second-order valence-electron chi connectivity index (χ2n) is 4.45. The van der Waals surface area contributed by atoms with Crippen molar-refractivity contribution >= 4 is 27.7 Å². The Hall–Kier alpha value is -2.33. The van der Waals surface area contributed by atoms with E-state index in [-0.39, 0.29) is 16.6 Å². The van der Waals surface area contributed by atoms with Gasteiger partial charge in [-0.15, -0.1) is 0 Å². The number of hydrogen-bond acceptors (Lipinski definition) is 2. The highest BCUT2D eigenvalue weighted by molar-refractivity contribution is 6.67. The van der Waals surface area contributed by atoms with Crippen LogP contribution in [0.1, 0.15) is 10.4 Å². The highest BCUT2D eigenvalue weighted by Crippen LogP contribution is 2.26. The van der Waals surface area contributed by atoms with Gasteiger partial charge in [-0.3, -0.25) is 4.79 Å². The molecule has 0 aliphatic rings. The first kappa shape index (κ1) is 13.6. The normalized spacial score (nSPS) is 10.8. The van der Waals surface area contributed by atoms with Crippen LogP contribution in [0, 0.1) is 11.6 Å². The van der Waals surface area contributed by atoms with Crippen molar-refractivity contribution in [3.05, 3.63) is 65.7 Å². The predicted octanol–water partition coefficient (Wildman–Crippen LogP) is 4.56. The van der Waals surface area contributed by atoms with Crippen LogP contribution in [-0.2, 0) is 0 Å². The minimum Gasteiger partial charge on any atom is -0.275 e. The highest BCUT2D eigenvalue weighted by Gasteiger charge is 2.15. The van der Waals surface area contributed by atoms with E-state index in [1.165, 1.54) is 12.1 Å². The molecule has 0 saturated carbocycles. The molecule has 0 spiro atoms. The lowest BCUT2D eigenvalue weighted by Gasteiger charge is -2.06. The Morgan fingerprint density at radius 1 is 1.00 bits per heavy atom. The average molecular weight is 304 g/mol. The Bertz CT molecular complexity index is 864. The summed E-state index contributed by atoms with van der Waals surface area (Å²) in [5.74, 6) is -1.25. The van der Waals surface area contributed by atoms with E-state index in [1.54, 1.807) is 36.4 Å². The summed E-state index contributed by atoms with van der Waals surface area (Å²) in [4.78, 5) is 15.3. The zero-order valence-electron chi connectivity index (χ0n) is 10.6. The predicted molar refractivity (Wildman–Crippen MR) is 77.3 cm³/mol. The molecule has 0 amide bonds. The standard InChI is InChI=1S/C16H8ClF2NO/c17-16(21)11-7-5-9-6-8-13(20-15(9)14(11)19)10-3-1-2-4-12(10)18/h1-8H. The molecule has 2 aromatic carbocycles. The van der Waals surface area contributed by atoms with Gasteiger partial charge in [0.2, 0.25) is 0 Å². The summed E-state index contributed by atoms with van der Waals surface area (Å²) < 4.78 is 28.0. The van der Waals surface area contributed by atoms with Gasteiger partial charge in [0.25, 0.3) is 5.24 Å². The van der Waals surface area contributed by atoms with Crippen molar-refractivity contribution in [3.63, 3.8) is 0 Å². The van der Waals surface area contributed by atoms with Gasteiger partial charge in [-0.25, -0.2) is 13.8 Å². The molecule has 1 heterocycles. The van der Waals surface area contributed by atoms with Gasteiger partial charge >= 0.3 is 0 Å². The fourth-order valence-electron chi connectivity index (χ4n) is 2.12. The third kappa shape index (κ3) is 2.38. The summed E-state index contributed by atoms with van der Waals surface area (Å²) in [6.07, 6.45) is 0. The molecule has 2 nitrogen and oxygen atoms in total. The van der Waals surface area contributed by atoms with Crippen molar-refractivity contribution in [1.29, 1.82) is 0 Å². The zero-order chi connectivity index (χ0) is 15.0. The first-order valence-corrected chi connectivity index (χ1v) is 6.49. The third-order valence-corrected chi connectivity index (χ3v) is 3.37. The number of halogens is 3. The van der Waals surface area contributed by atoms with Crippen molar-refractivity contribution in [1.82, 2.24) is 4.98 Å². The van der Waals surface area contributed by atoms with Crippen molar-refractivity contribution in [2.45, 2.75) is 0 Å². The molecule has 0 atom stereocenters. The monoisotopic (exact) mass is 303 g/mol. The van der Waals surface area contributed by atoms with Gasteiger partial charge in [0.05, 0.1) is 11.3 Å². The van der Waals surface area contributed by atoms with Gasteiger partial charge in [0.15, 0.2) is 5.82 Å². The number of fused-ring (bicyclic) bond motifs is 1. The topological polar surface area (TPSA) is 30.0 Å². The largest absolute Gasteiger partial charge is 0.275 e. The molecular weight excluding hydrogens is 296 g/mol. The van der Waals surface area contributed by atoms with Crippen LogP contribution in [-0.4, -0.2) is 10.2 Å². The zero-order valence-corrected chi connectivity index (χ0v) is 11.4. The number of pyridine rings is 1. The van der Waals surface area contributed by atoms with E-state index in [0.717, 1.165) is 0 Å². The van der Waals surface area contributed by atoms with Gasteiger partial charge in [0.1, 0.15) is 11.3 Å². The van der Waals surface area contributed by atoms with E-state index in [4.69, 9.17) is 11.6 Å². The number of carbonyl (C=O) groups excluding carboxylic acids is 1. The fraction of sp³-hybridized carbons (Fsp3) is 0. The molecule has 0 fully saturated rings. The molecule has 104 valence electrons. The van der Waals surface area contributed by atoms with Crippen LogP contribution in [0.3, 0.4) is 0 Å². The molecule has 0 bridgehead atoms. The summed E-state index contributed by atoms with van der Waals surface area (Å²) in [6, 6.07) is 12.2. The summed E-state index contributed by atoms with van der Waals surface area (Å²) in [6.45, 7) is 0. The van der Waals surface area contributed by atoms with Gasteiger partial charge in [-0.2, -0.15) is 0 Å². The molecule has 0 N–H and O–H groups in total. The number of benzene rings is 2. The average Bonchev–Trinajstić information content (AvgIpc) is 2.47. The van der Waals surface area contributed by atoms with Gasteiger partial charge in [-0.1, -0.05) is 24.3 Å². The highest BCUT2D eigenvalue weighted by atomic mass is 35.5. The third-order valence-electron chi connectivity index (χ3n) is 3.16. The summed E-state index contributed by atoms with van der Waals surface area (Å²) >= 11 is 5.32. The maximum atomic E-state index is 14.3. The molecule has 0 radical (unpaired) electrons. The lowest BCUT2D eigenvalue weighted by Crippen LogP contribution is -1.98. The lowest BCUT2D eigenvalue weighted by molar-refractivity contribution is 0.107. The Kier molecular flexibility index (Phi) is 3.39. The fourth-order valence-corrected chi connectivity index (χ4v) is 2.27. The Morgan fingerprint density at radius 3 is 2.43 bits per heavy atom. The lowest BCUT2D eigenvalue weighted by atomic mass is 10.1. The van der Waals surface area contributed by atoms with Crippen LogP contribution < -0.4 is 0 Å². The van der Waals surface area contributed by atoms with Crippen LogP contribution in [0.2, 0.25) is 0 Å². The Morgan fingerprint density at radius 2 is 1.71 bits per heavy atom. The smallest absolute Gasteiger partial charge is 0.255 e. The van der Waals surface area contributed by atoms with Crippen molar-refractivity contribution in [2.75, 3.05) is 0 Å². The van der Waals surface area contributed by atoms with Crippen LogP contribution in [0.5, 0.6) is 0 Å². The number of hydrogen-bond donors (Lipinski definition) is 0. The summed E-state index contributed by atoms with van der Waals surface area (Å²) in [5, 5.41) is -0.387. The molecular formula is C16H8ClF2NO. The Labute approximate surface area is 124 Å². The first-order valence-electron chi connectivity index (χ1n) is 6.12. The van der Waals surface area contributed by atoms with E-state index >= 15 is 0 Å². The van der Waals surface area contributed by atoms with E-state index in [9.17, 15) is 13.6 Å². The molecule has 3 rings (SSSR count). The van der Waals surface area contributed by atoms with Crippen molar-refractivity contribution in [3.8, 4) is 11.3 Å². The maximum absolute atomic E-state index is 14.3. The minimum absolute atomic E-state index is 0.0118. The number of carbonyl (C=O) groups is 1. The molecule has 3 aromatic rings. The van der Waals surface area contributed by atoms with Gasteiger partial charge < -0.3 is 0 Å². The molecule has 21 heavy (non-hydrogen) atoms. The van der Waals surface area contributed by atoms with Crippen LogP contribution >= 0.6 is 11.6 Å². The second kappa shape index (κ2) is 5.22. The maximum Gasteiger partial charge on any atom is 0.255 e. The van der Waals surface area contributed by atoms with Crippen LogP contribution in [0.25, 0.3) is 22.2 Å². The number of nitrogens with zero attached hydrogens (tertiary/aromatic N) is 1. The van der Waals surface area contributed by atoms with Crippen LogP contribution in [0.4, 0.5) is 8.78 Å². The molecule has 5 heteroatoms. The summed E-state index contributed by atoms with van der Waals surface area (Å²) in [5.41, 5.74) is 0.296. The Balaban J connectivity index is 2.26. The van der Waals surface area contributed by atoms with E-state index in [2.05, 4.69) is 4.98 Å². The second-order valence-corrected chi connectivity index (χ2v) is 4.79. The van der Waals surface area contributed by atoms with E-state index in [1.807, 2.05) is 0 Å². The quantitative estimate of drug-likeness (QED) is 0.650. The molecule has 0 aliphatic carbocycles. The van der Waals surface area contributed by atoms with Gasteiger partial charge in [0, 0.05) is 10.9 Å². The van der Waals surface area contributed by atoms with E-state index < -0.39 is 16.9 Å². The minimum atomic E-state index is -0.896. The van der Waals surface area contributed by atoms with Crippen molar-refractivity contribution < 1.29 is 13.6 Å². The molecule has 0 aliphatic heterocycles. The molecule has 0 unspecified atom stereocenters. The number of aromatic nitrogens is 1.